The Morgan fingerprint density at radius 1 is 1.50 bits per heavy atom. The highest BCUT2D eigenvalue weighted by atomic mass is 16.4. The lowest BCUT2D eigenvalue weighted by Crippen LogP contribution is -2.25. The molecule has 0 radical (unpaired) electrons. The van der Waals surface area contributed by atoms with Gasteiger partial charge >= 0.3 is 5.97 Å². The number of hydrogen-bond donors (Lipinski definition) is 2. The average molecular weight is 276 g/mol. The van der Waals surface area contributed by atoms with Gasteiger partial charge in [-0.15, -0.1) is 5.10 Å². The molecule has 0 fully saturated rings. The van der Waals surface area contributed by atoms with Gasteiger partial charge in [-0.25, -0.2) is 9.48 Å². The number of rotatable bonds is 6. The maximum Gasteiger partial charge on any atom is 0.358 e. The van der Waals surface area contributed by atoms with Gasteiger partial charge in [-0.3, -0.25) is 4.79 Å². The Morgan fingerprint density at radius 3 is 3.00 bits per heavy atom. The van der Waals surface area contributed by atoms with Crippen molar-refractivity contribution in [3.05, 3.63) is 42.1 Å². The van der Waals surface area contributed by atoms with Crippen molar-refractivity contribution >= 4 is 18.0 Å². The molecule has 0 saturated heterocycles. The van der Waals surface area contributed by atoms with Gasteiger partial charge in [0.25, 0.3) is 0 Å². The first-order valence-electron chi connectivity index (χ1n) is 5.78. The molecule has 0 aliphatic rings. The maximum atomic E-state index is 11.5. The number of furan rings is 1. The third kappa shape index (κ3) is 3.80. The molecule has 0 aliphatic heterocycles. The fraction of sp³-hybridized carbons (Fsp3) is 0.167. The van der Waals surface area contributed by atoms with Crippen molar-refractivity contribution in [1.29, 1.82) is 0 Å². The number of aromatic carboxylic acids is 1. The van der Waals surface area contributed by atoms with E-state index in [4.69, 9.17) is 9.52 Å². The number of carbonyl (C=O) groups is 2. The maximum absolute atomic E-state index is 11.5. The summed E-state index contributed by atoms with van der Waals surface area (Å²) in [6, 6.07) is 3.45. The smallest absolute Gasteiger partial charge is 0.358 e. The first-order chi connectivity index (χ1) is 9.65. The Kier molecular flexibility index (Phi) is 4.28. The number of nitrogens with zero attached hydrogens (tertiary/aromatic N) is 3. The lowest BCUT2D eigenvalue weighted by Gasteiger charge is -2.01. The van der Waals surface area contributed by atoms with Crippen LogP contribution >= 0.6 is 0 Å². The number of nitrogens with one attached hydrogen (secondary N) is 1. The fourth-order valence-corrected chi connectivity index (χ4v) is 1.40. The van der Waals surface area contributed by atoms with Crippen LogP contribution in [0.2, 0.25) is 0 Å². The lowest BCUT2D eigenvalue weighted by atomic mass is 10.4. The van der Waals surface area contributed by atoms with Gasteiger partial charge < -0.3 is 14.8 Å². The molecule has 2 rings (SSSR count). The first-order valence-corrected chi connectivity index (χ1v) is 5.78. The van der Waals surface area contributed by atoms with Gasteiger partial charge in [0, 0.05) is 12.6 Å². The van der Waals surface area contributed by atoms with E-state index in [2.05, 4.69) is 15.6 Å². The molecular weight excluding hydrogens is 264 g/mol. The van der Waals surface area contributed by atoms with Crippen molar-refractivity contribution in [1.82, 2.24) is 20.3 Å². The van der Waals surface area contributed by atoms with E-state index in [-0.39, 0.29) is 11.6 Å². The molecular formula is C12H12N4O4. The van der Waals surface area contributed by atoms with Gasteiger partial charge in [0.2, 0.25) is 5.91 Å². The summed E-state index contributed by atoms with van der Waals surface area (Å²) in [5, 5.41) is 18.4. The molecule has 0 aliphatic carbocycles. The van der Waals surface area contributed by atoms with Crippen LogP contribution < -0.4 is 5.32 Å². The quantitative estimate of drug-likeness (QED) is 0.739. The zero-order valence-corrected chi connectivity index (χ0v) is 10.4. The Bertz CT molecular complexity index is 615. The molecule has 0 bridgehead atoms. The molecule has 20 heavy (non-hydrogen) atoms. The zero-order chi connectivity index (χ0) is 14.4. The molecule has 0 spiro atoms. The number of carboxylic acids is 1. The molecule has 8 nitrogen and oxygen atoms in total. The molecule has 2 aromatic heterocycles. The summed E-state index contributed by atoms with van der Waals surface area (Å²) < 4.78 is 6.39. The number of carbonyl (C=O) groups excluding carboxylic acids is 1. The molecule has 0 saturated carbocycles. The monoisotopic (exact) mass is 276 g/mol. The number of amides is 1. The number of carboxylic acid groups (broad SMARTS) is 1. The normalized spacial score (nSPS) is 10.8. The van der Waals surface area contributed by atoms with Crippen molar-refractivity contribution in [3.8, 4) is 0 Å². The summed E-state index contributed by atoms with van der Waals surface area (Å²) in [4.78, 5) is 22.1. The van der Waals surface area contributed by atoms with E-state index < -0.39 is 5.97 Å². The van der Waals surface area contributed by atoms with E-state index in [9.17, 15) is 9.59 Å². The molecule has 104 valence electrons. The van der Waals surface area contributed by atoms with Crippen LogP contribution in [0, 0.1) is 0 Å². The summed E-state index contributed by atoms with van der Waals surface area (Å²) in [6.45, 7) is 0.643. The van der Waals surface area contributed by atoms with Crippen LogP contribution in [0.15, 0.2) is 35.1 Å². The predicted octanol–water partition coefficient (Wildman–Crippen LogP) is 0.399. The van der Waals surface area contributed by atoms with Crippen molar-refractivity contribution in [2.45, 2.75) is 6.54 Å². The first kappa shape index (κ1) is 13.5. The topological polar surface area (TPSA) is 110 Å². The van der Waals surface area contributed by atoms with Crippen molar-refractivity contribution in [2.75, 3.05) is 6.54 Å². The number of aromatic nitrogens is 3. The zero-order valence-electron chi connectivity index (χ0n) is 10.4. The highest BCUT2D eigenvalue weighted by molar-refractivity contribution is 5.91. The molecule has 0 unspecified atom stereocenters. The molecule has 8 heteroatoms. The Labute approximate surface area is 113 Å². The standard InChI is InChI=1S/C12H12N4O4/c17-11(4-3-9-2-1-7-20-9)13-5-6-16-8-10(12(18)19)14-15-16/h1-4,7-8H,5-6H2,(H,13,17)(H,18,19). The molecule has 2 N–H and O–H groups in total. The molecule has 2 aromatic rings. The van der Waals surface area contributed by atoms with Gasteiger partial charge in [0.15, 0.2) is 5.69 Å². The van der Waals surface area contributed by atoms with Crippen LogP contribution in [0.5, 0.6) is 0 Å². The summed E-state index contributed by atoms with van der Waals surface area (Å²) >= 11 is 0. The Balaban J connectivity index is 1.75. The Hall–Kier alpha value is -2.90. The van der Waals surface area contributed by atoms with E-state index in [0.717, 1.165) is 0 Å². The van der Waals surface area contributed by atoms with Gasteiger partial charge in [0.1, 0.15) is 5.76 Å². The summed E-state index contributed by atoms with van der Waals surface area (Å²) in [6.07, 6.45) is 5.71. The van der Waals surface area contributed by atoms with Crippen molar-refractivity contribution in [2.24, 2.45) is 0 Å². The predicted molar refractivity (Wildman–Crippen MR) is 67.7 cm³/mol. The molecule has 2 heterocycles. The highest BCUT2D eigenvalue weighted by Gasteiger charge is 2.07. The lowest BCUT2D eigenvalue weighted by molar-refractivity contribution is -0.116. The van der Waals surface area contributed by atoms with Crippen LogP contribution in [-0.4, -0.2) is 38.5 Å². The van der Waals surface area contributed by atoms with Crippen molar-refractivity contribution < 1.29 is 19.1 Å². The van der Waals surface area contributed by atoms with E-state index in [1.807, 2.05) is 0 Å². The van der Waals surface area contributed by atoms with E-state index in [0.29, 0.717) is 18.8 Å². The third-order valence-corrected chi connectivity index (χ3v) is 2.34. The Morgan fingerprint density at radius 2 is 2.35 bits per heavy atom. The second kappa shape index (κ2) is 6.32. The van der Waals surface area contributed by atoms with Crippen LogP contribution in [0.25, 0.3) is 6.08 Å². The third-order valence-electron chi connectivity index (χ3n) is 2.34. The minimum Gasteiger partial charge on any atom is -0.476 e. The summed E-state index contributed by atoms with van der Waals surface area (Å²) in [5.41, 5.74) is -0.131. The van der Waals surface area contributed by atoms with E-state index >= 15 is 0 Å². The fourth-order valence-electron chi connectivity index (χ4n) is 1.40. The number of hydrogen-bond acceptors (Lipinski definition) is 5. The average Bonchev–Trinajstić information content (AvgIpc) is 3.07. The second-order valence-corrected chi connectivity index (χ2v) is 3.81. The summed E-state index contributed by atoms with van der Waals surface area (Å²) in [7, 11) is 0. The van der Waals surface area contributed by atoms with Crippen LogP contribution in [-0.2, 0) is 11.3 Å². The summed E-state index contributed by atoms with van der Waals surface area (Å²) in [5.74, 6) is -0.829. The molecule has 0 aromatic carbocycles. The van der Waals surface area contributed by atoms with Crippen LogP contribution in [0.1, 0.15) is 16.2 Å². The van der Waals surface area contributed by atoms with Gasteiger partial charge in [0.05, 0.1) is 19.0 Å². The SMILES string of the molecule is O=C(C=Cc1ccco1)NCCn1cc(C(=O)O)nn1. The van der Waals surface area contributed by atoms with E-state index in [1.54, 1.807) is 18.2 Å². The van der Waals surface area contributed by atoms with Crippen LogP contribution in [0.4, 0.5) is 0 Å². The van der Waals surface area contributed by atoms with Crippen molar-refractivity contribution in [3.63, 3.8) is 0 Å². The van der Waals surface area contributed by atoms with Gasteiger partial charge in [-0.05, 0) is 18.2 Å². The van der Waals surface area contributed by atoms with Gasteiger partial charge in [-0.1, -0.05) is 5.21 Å². The molecule has 1 amide bonds. The molecule has 0 atom stereocenters. The second-order valence-electron chi connectivity index (χ2n) is 3.81. The minimum atomic E-state index is -1.14. The van der Waals surface area contributed by atoms with Gasteiger partial charge in [-0.2, -0.15) is 0 Å². The largest absolute Gasteiger partial charge is 0.476 e. The minimum absolute atomic E-state index is 0.131. The van der Waals surface area contributed by atoms with E-state index in [1.165, 1.54) is 23.2 Å². The highest BCUT2D eigenvalue weighted by Crippen LogP contribution is 2.01. The van der Waals surface area contributed by atoms with Crippen LogP contribution in [0.3, 0.4) is 0 Å².